The van der Waals surface area contributed by atoms with Crippen LogP contribution in [0.1, 0.15) is 22.3 Å². The van der Waals surface area contributed by atoms with Crippen molar-refractivity contribution in [2.24, 2.45) is 0 Å². The van der Waals surface area contributed by atoms with Gasteiger partial charge in [-0.25, -0.2) is 9.36 Å². The SMILES string of the molecule is Cc1ccccc1-n1ncc(-c2nnn(Cc3ccc([N+](=O)[O-])cc3)n2)c1SSc1c(-c2nnn(Cc3ccc([N+](=O)[O-])cc3)n2)cnn1-c1ccccc1C. The molecule has 0 saturated carbocycles. The fourth-order valence-corrected chi connectivity index (χ4v) is 8.27. The predicted octanol–water partition coefficient (Wildman–Crippen LogP) is 6.69. The Morgan fingerprint density at radius 1 is 0.571 bits per heavy atom. The van der Waals surface area contributed by atoms with Crippen LogP contribution in [0.2, 0.25) is 0 Å². The number of non-ortho nitro benzene ring substituents is 2. The highest BCUT2D eigenvalue weighted by Crippen LogP contribution is 2.46. The van der Waals surface area contributed by atoms with Gasteiger partial charge in [0.1, 0.15) is 10.1 Å². The second kappa shape index (κ2) is 15.4. The van der Waals surface area contributed by atoms with Crippen LogP contribution in [0.5, 0.6) is 0 Å². The number of nitro groups is 2. The van der Waals surface area contributed by atoms with Crippen LogP contribution in [-0.4, -0.2) is 69.8 Å². The van der Waals surface area contributed by atoms with E-state index >= 15 is 0 Å². The van der Waals surface area contributed by atoms with Crippen LogP contribution in [0, 0.1) is 34.1 Å². The topological polar surface area (TPSA) is 209 Å². The van der Waals surface area contributed by atoms with Crippen LogP contribution in [-0.2, 0) is 13.1 Å². The molecule has 0 fully saturated rings. The van der Waals surface area contributed by atoms with Gasteiger partial charge >= 0.3 is 0 Å². The molecule has 4 heterocycles. The van der Waals surface area contributed by atoms with E-state index in [-0.39, 0.29) is 24.5 Å². The number of aryl methyl sites for hydroxylation is 2. The summed E-state index contributed by atoms with van der Waals surface area (Å²) in [5.74, 6) is 0.691. The average molecular weight is 785 g/mol. The van der Waals surface area contributed by atoms with Gasteiger partial charge in [-0.1, -0.05) is 60.7 Å². The first kappa shape index (κ1) is 35.9. The lowest BCUT2D eigenvalue weighted by atomic mass is 10.2. The van der Waals surface area contributed by atoms with E-state index in [4.69, 9.17) is 10.2 Å². The van der Waals surface area contributed by atoms with Crippen LogP contribution < -0.4 is 0 Å². The highest BCUT2D eigenvalue weighted by molar-refractivity contribution is 8.76. The smallest absolute Gasteiger partial charge is 0.258 e. The molecule has 0 bridgehead atoms. The molecular formula is C36H28N14O4S2. The molecule has 0 N–H and O–H groups in total. The number of hydrogen-bond donors (Lipinski definition) is 0. The number of para-hydroxylation sites is 2. The first-order valence-corrected chi connectivity index (χ1v) is 19.0. The first-order valence-electron chi connectivity index (χ1n) is 16.9. The largest absolute Gasteiger partial charge is 0.269 e. The molecule has 8 rings (SSSR count). The van der Waals surface area contributed by atoms with Crippen LogP contribution >= 0.6 is 21.6 Å². The lowest BCUT2D eigenvalue weighted by Gasteiger charge is -2.13. The van der Waals surface area contributed by atoms with Gasteiger partial charge in [-0.05, 0) is 80.2 Å². The Kier molecular flexibility index (Phi) is 9.86. The van der Waals surface area contributed by atoms with Crippen molar-refractivity contribution in [2.75, 3.05) is 0 Å². The zero-order chi connectivity index (χ0) is 38.8. The Hall–Kier alpha value is -7.06. The molecule has 0 amide bonds. The molecular weight excluding hydrogens is 757 g/mol. The molecule has 0 radical (unpaired) electrons. The molecule has 8 aromatic rings. The van der Waals surface area contributed by atoms with E-state index in [1.807, 2.05) is 71.7 Å². The first-order chi connectivity index (χ1) is 27.2. The van der Waals surface area contributed by atoms with Gasteiger partial charge in [0.15, 0.2) is 0 Å². The van der Waals surface area contributed by atoms with Gasteiger partial charge in [-0.15, -0.1) is 20.4 Å². The van der Waals surface area contributed by atoms with Gasteiger partial charge in [0.05, 0.1) is 57.8 Å². The van der Waals surface area contributed by atoms with Gasteiger partial charge in [-0.2, -0.15) is 19.8 Å². The van der Waals surface area contributed by atoms with Gasteiger partial charge in [-0.3, -0.25) is 20.2 Å². The number of rotatable bonds is 13. The van der Waals surface area contributed by atoms with Gasteiger partial charge in [0, 0.05) is 24.3 Å². The Morgan fingerprint density at radius 3 is 1.34 bits per heavy atom. The van der Waals surface area contributed by atoms with Crippen molar-refractivity contribution in [1.29, 1.82) is 0 Å². The van der Waals surface area contributed by atoms with Crippen molar-refractivity contribution < 1.29 is 9.85 Å². The average Bonchev–Trinajstić information content (AvgIpc) is 4.02. The van der Waals surface area contributed by atoms with Crippen molar-refractivity contribution in [3.05, 3.63) is 152 Å². The van der Waals surface area contributed by atoms with Crippen molar-refractivity contribution in [3.63, 3.8) is 0 Å². The van der Waals surface area contributed by atoms with E-state index in [9.17, 15) is 20.2 Å². The third-order valence-electron chi connectivity index (χ3n) is 8.67. The number of nitro benzene ring substituents is 2. The fraction of sp³-hybridized carbons (Fsp3) is 0.111. The van der Waals surface area contributed by atoms with E-state index in [1.165, 1.54) is 55.4 Å². The number of benzene rings is 4. The second-order valence-electron chi connectivity index (χ2n) is 12.4. The zero-order valence-electron chi connectivity index (χ0n) is 29.5. The fourth-order valence-electron chi connectivity index (χ4n) is 5.77. The third-order valence-corrected chi connectivity index (χ3v) is 11.0. The van der Waals surface area contributed by atoms with E-state index in [2.05, 4.69) is 30.8 Å². The highest BCUT2D eigenvalue weighted by atomic mass is 33.1. The highest BCUT2D eigenvalue weighted by Gasteiger charge is 2.25. The Labute approximate surface area is 324 Å². The molecule has 0 saturated heterocycles. The maximum absolute atomic E-state index is 11.1. The second-order valence-corrected chi connectivity index (χ2v) is 14.5. The van der Waals surface area contributed by atoms with Crippen LogP contribution in [0.4, 0.5) is 11.4 Å². The summed E-state index contributed by atoms with van der Waals surface area (Å²) >= 11 is 0. The zero-order valence-corrected chi connectivity index (χ0v) is 31.1. The molecule has 0 unspecified atom stereocenters. The standard InChI is InChI=1S/C36H28N14O4S2/c1-23-7-3-5-9-31(23)47-35(29(19-37-47)33-39-43-45(41-33)21-25-11-15-27(16-12-25)49(51)52)55-56-36-30(20-38-48(36)32-10-6-4-8-24(32)2)34-40-44-46(42-34)22-26-13-17-28(18-14-26)50(53)54/h3-20H,21-22H2,1-2H3. The van der Waals surface area contributed by atoms with E-state index in [0.717, 1.165) is 43.7 Å². The van der Waals surface area contributed by atoms with Crippen LogP contribution in [0.15, 0.2) is 120 Å². The summed E-state index contributed by atoms with van der Waals surface area (Å²) < 4.78 is 3.68. The molecule has 0 atom stereocenters. The van der Waals surface area contributed by atoms with Gasteiger partial charge in [0.2, 0.25) is 11.6 Å². The van der Waals surface area contributed by atoms with E-state index in [0.29, 0.717) is 22.8 Å². The molecule has 20 heteroatoms. The Bertz CT molecular complexity index is 2520. The summed E-state index contributed by atoms with van der Waals surface area (Å²) in [6.07, 6.45) is 3.40. The summed E-state index contributed by atoms with van der Waals surface area (Å²) in [4.78, 5) is 24.2. The van der Waals surface area contributed by atoms with E-state index in [1.54, 1.807) is 36.7 Å². The lowest BCUT2D eigenvalue weighted by molar-refractivity contribution is -0.385. The Morgan fingerprint density at radius 2 is 0.964 bits per heavy atom. The van der Waals surface area contributed by atoms with Crippen LogP contribution in [0.25, 0.3) is 34.2 Å². The molecule has 0 aliphatic heterocycles. The van der Waals surface area contributed by atoms with Crippen molar-refractivity contribution in [2.45, 2.75) is 37.0 Å². The number of nitrogens with zero attached hydrogens (tertiary/aromatic N) is 14. The molecule has 0 aliphatic carbocycles. The monoisotopic (exact) mass is 784 g/mol. The number of hydrogen-bond acceptors (Lipinski definition) is 14. The minimum absolute atomic E-state index is 0.00153. The maximum Gasteiger partial charge on any atom is 0.269 e. The molecule has 278 valence electrons. The van der Waals surface area contributed by atoms with Crippen molar-refractivity contribution in [1.82, 2.24) is 60.0 Å². The molecule has 4 aromatic carbocycles. The lowest BCUT2D eigenvalue weighted by Crippen LogP contribution is -2.04. The molecule has 4 aromatic heterocycles. The minimum atomic E-state index is -0.444. The normalized spacial score (nSPS) is 11.2. The quantitative estimate of drug-likeness (QED) is 0.0677. The minimum Gasteiger partial charge on any atom is -0.258 e. The van der Waals surface area contributed by atoms with E-state index < -0.39 is 9.85 Å². The Balaban J connectivity index is 1.14. The number of aromatic nitrogens is 12. The summed E-state index contributed by atoms with van der Waals surface area (Å²) in [6, 6.07) is 28.2. The molecule has 0 aliphatic rings. The van der Waals surface area contributed by atoms with Gasteiger partial charge in [0.25, 0.3) is 11.4 Å². The third kappa shape index (κ3) is 7.37. The van der Waals surface area contributed by atoms with Crippen molar-refractivity contribution in [3.8, 4) is 34.2 Å². The predicted molar refractivity (Wildman–Crippen MR) is 206 cm³/mol. The molecule has 56 heavy (non-hydrogen) atoms. The number of tetrazole rings is 2. The van der Waals surface area contributed by atoms with Crippen molar-refractivity contribution >= 4 is 33.0 Å². The molecule has 18 nitrogen and oxygen atoms in total. The maximum atomic E-state index is 11.1. The summed E-state index contributed by atoms with van der Waals surface area (Å²) in [5.41, 5.74) is 6.55. The summed E-state index contributed by atoms with van der Waals surface area (Å²) in [7, 11) is 2.86. The van der Waals surface area contributed by atoms with Crippen LogP contribution in [0.3, 0.4) is 0 Å². The summed E-state index contributed by atoms with van der Waals surface area (Å²) in [5, 5.41) is 59.9. The molecule has 0 spiro atoms. The summed E-state index contributed by atoms with van der Waals surface area (Å²) in [6.45, 7) is 4.53. The van der Waals surface area contributed by atoms with Gasteiger partial charge < -0.3 is 0 Å².